The maximum Gasteiger partial charge on any atom is 0.333 e. The average molecular weight is 233 g/mol. The summed E-state index contributed by atoms with van der Waals surface area (Å²) >= 11 is 0. The molecule has 0 saturated heterocycles. The minimum atomic E-state index is -0.252. The number of esters is 1. The highest BCUT2D eigenvalue weighted by Crippen LogP contribution is 2.09. The van der Waals surface area contributed by atoms with Crippen molar-refractivity contribution in [2.75, 3.05) is 19.0 Å². The van der Waals surface area contributed by atoms with Crippen LogP contribution in [0.25, 0.3) is 0 Å². The second kappa shape index (κ2) is 6.74. The van der Waals surface area contributed by atoms with Crippen LogP contribution in [-0.4, -0.2) is 19.6 Å². The Bertz CT molecular complexity index is 393. The molecule has 92 valence electrons. The fourth-order valence-corrected chi connectivity index (χ4v) is 1.47. The third kappa shape index (κ3) is 4.31. The van der Waals surface area contributed by atoms with Gasteiger partial charge >= 0.3 is 5.97 Å². The molecule has 0 aliphatic rings. The SMILES string of the molecule is CC/C(=C/CNc1ccc(C)cc1)C(=O)OC. The molecule has 1 rings (SSSR count). The van der Waals surface area contributed by atoms with Crippen LogP contribution in [0, 0.1) is 6.92 Å². The highest BCUT2D eigenvalue weighted by atomic mass is 16.5. The molecule has 3 heteroatoms. The first-order valence-electron chi connectivity index (χ1n) is 5.75. The Morgan fingerprint density at radius 3 is 2.53 bits per heavy atom. The summed E-state index contributed by atoms with van der Waals surface area (Å²) in [6, 6.07) is 8.14. The zero-order chi connectivity index (χ0) is 12.7. The summed E-state index contributed by atoms with van der Waals surface area (Å²) in [4.78, 5) is 11.3. The molecule has 0 heterocycles. The molecule has 0 fully saturated rings. The molecule has 1 aromatic rings. The zero-order valence-electron chi connectivity index (χ0n) is 10.6. The van der Waals surface area contributed by atoms with Crippen LogP contribution in [0.1, 0.15) is 18.9 Å². The lowest BCUT2D eigenvalue weighted by atomic mass is 10.2. The quantitative estimate of drug-likeness (QED) is 0.627. The van der Waals surface area contributed by atoms with Crippen molar-refractivity contribution in [3.63, 3.8) is 0 Å². The van der Waals surface area contributed by atoms with E-state index in [0.717, 1.165) is 5.69 Å². The molecule has 0 saturated carbocycles. The molecule has 0 atom stereocenters. The van der Waals surface area contributed by atoms with E-state index in [1.54, 1.807) is 0 Å². The van der Waals surface area contributed by atoms with Crippen molar-refractivity contribution in [3.8, 4) is 0 Å². The molecular weight excluding hydrogens is 214 g/mol. The standard InChI is InChI=1S/C14H19NO2/c1-4-12(14(16)17-3)9-10-15-13-7-5-11(2)6-8-13/h5-9,15H,4,10H2,1-3H3/b12-9-. The van der Waals surface area contributed by atoms with Crippen LogP contribution in [0.2, 0.25) is 0 Å². The van der Waals surface area contributed by atoms with Gasteiger partial charge < -0.3 is 10.1 Å². The number of methoxy groups -OCH3 is 1. The molecule has 0 aliphatic heterocycles. The lowest BCUT2D eigenvalue weighted by Crippen LogP contribution is -2.07. The molecule has 0 bridgehead atoms. The van der Waals surface area contributed by atoms with E-state index in [2.05, 4.69) is 17.0 Å². The van der Waals surface area contributed by atoms with Crippen LogP contribution >= 0.6 is 0 Å². The molecule has 17 heavy (non-hydrogen) atoms. The highest BCUT2D eigenvalue weighted by Gasteiger charge is 2.05. The fourth-order valence-electron chi connectivity index (χ4n) is 1.47. The molecule has 1 N–H and O–H groups in total. The maximum atomic E-state index is 11.3. The van der Waals surface area contributed by atoms with Gasteiger partial charge in [0.1, 0.15) is 0 Å². The van der Waals surface area contributed by atoms with Crippen molar-refractivity contribution >= 4 is 11.7 Å². The largest absolute Gasteiger partial charge is 0.466 e. The number of carbonyl (C=O) groups excluding carboxylic acids is 1. The number of aryl methyl sites for hydroxylation is 1. The Hall–Kier alpha value is -1.77. The van der Waals surface area contributed by atoms with Gasteiger partial charge in [0.25, 0.3) is 0 Å². The normalized spacial score (nSPS) is 11.1. The van der Waals surface area contributed by atoms with E-state index >= 15 is 0 Å². The van der Waals surface area contributed by atoms with Crippen LogP contribution in [0.5, 0.6) is 0 Å². The minimum Gasteiger partial charge on any atom is -0.466 e. The van der Waals surface area contributed by atoms with Crippen molar-refractivity contribution in [2.45, 2.75) is 20.3 Å². The van der Waals surface area contributed by atoms with Crippen molar-refractivity contribution in [3.05, 3.63) is 41.5 Å². The monoisotopic (exact) mass is 233 g/mol. The second-order valence-electron chi connectivity index (χ2n) is 3.82. The van der Waals surface area contributed by atoms with Crippen LogP contribution < -0.4 is 5.32 Å². The molecule has 0 aromatic heterocycles. The third-order valence-electron chi connectivity index (χ3n) is 2.53. The van der Waals surface area contributed by atoms with E-state index in [4.69, 9.17) is 0 Å². The molecule has 0 aliphatic carbocycles. The molecule has 0 spiro atoms. The fraction of sp³-hybridized carbons (Fsp3) is 0.357. The Kier molecular flexibility index (Phi) is 5.27. The lowest BCUT2D eigenvalue weighted by molar-refractivity contribution is -0.136. The van der Waals surface area contributed by atoms with Gasteiger partial charge in [0.05, 0.1) is 7.11 Å². The number of nitrogens with one attached hydrogen (secondary N) is 1. The van der Waals surface area contributed by atoms with E-state index in [1.165, 1.54) is 12.7 Å². The number of ether oxygens (including phenoxy) is 1. The van der Waals surface area contributed by atoms with Gasteiger partial charge in [-0.2, -0.15) is 0 Å². The number of anilines is 1. The van der Waals surface area contributed by atoms with Crippen molar-refractivity contribution in [1.29, 1.82) is 0 Å². The molecule has 3 nitrogen and oxygen atoms in total. The highest BCUT2D eigenvalue weighted by molar-refractivity contribution is 5.88. The first-order chi connectivity index (χ1) is 8.17. The molecule has 0 amide bonds. The molecular formula is C14H19NO2. The minimum absolute atomic E-state index is 0.252. The summed E-state index contributed by atoms with van der Waals surface area (Å²) in [5.74, 6) is -0.252. The van der Waals surface area contributed by atoms with E-state index in [0.29, 0.717) is 18.5 Å². The Morgan fingerprint density at radius 1 is 1.35 bits per heavy atom. The summed E-state index contributed by atoms with van der Waals surface area (Å²) in [6.45, 7) is 4.62. The average Bonchev–Trinajstić information content (AvgIpc) is 2.36. The molecule has 0 unspecified atom stereocenters. The van der Waals surface area contributed by atoms with E-state index in [1.807, 2.05) is 37.3 Å². The summed E-state index contributed by atoms with van der Waals surface area (Å²) < 4.78 is 4.69. The predicted octanol–water partition coefficient (Wildman–Crippen LogP) is 2.92. The molecule has 1 aromatic carbocycles. The first-order valence-corrected chi connectivity index (χ1v) is 5.75. The van der Waals surface area contributed by atoms with Crippen molar-refractivity contribution < 1.29 is 9.53 Å². The van der Waals surface area contributed by atoms with Gasteiger partial charge in [-0.25, -0.2) is 4.79 Å². The van der Waals surface area contributed by atoms with Crippen molar-refractivity contribution in [2.24, 2.45) is 0 Å². The molecule has 0 radical (unpaired) electrons. The Balaban J connectivity index is 2.53. The number of hydrogen-bond acceptors (Lipinski definition) is 3. The summed E-state index contributed by atoms with van der Waals surface area (Å²) in [6.07, 6.45) is 2.55. The predicted molar refractivity (Wildman–Crippen MR) is 70.1 cm³/mol. The topological polar surface area (TPSA) is 38.3 Å². The van der Waals surface area contributed by atoms with E-state index in [9.17, 15) is 4.79 Å². The summed E-state index contributed by atoms with van der Waals surface area (Å²) in [5, 5.41) is 3.23. The van der Waals surface area contributed by atoms with Gasteiger partial charge in [-0.15, -0.1) is 0 Å². The van der Waals surface area contributed by atoms with Crippen LogP contribution in [-0.2, 0) is 9.53 Å². The van der Waals surface area contributed by atoms with Crippen LogP contribution in [0.3, 0.4) is 0 Å². The van der Waals surface area contributed by atoms with Gasteiger partial charge in [0, 0.05) is 17.8 Å². The number of rotatable bonds is 5. The smallest absolute Gasteiger partial charge is 0.333 e. The van der Waals surface area contributed by atoms with Gasteiger partial charge in [-0.3, -0.25) is 0 Å². The van der Waals surface area contributed by atoms with E-state index in [-0.39, 0.29) is 5.97 Å². The van der Waals surface area contributed by atoms with Gasteiger partial charge in [-0.1, -0.05) is 30.7 Å². The Morgan fingerprint density at radius 2 is 2.00 bits per heavy atom. The third-order valence-corrected chi connectivity index (χ3v) is 2.53. The van der Waals surface area contributed by atoms with Crippen LogP contribution in [0.4, 0.5) is 5.69 Å². The number of hydrogen-bond donors (Lipinski definition) is 1. The van der Waals surface area contributed by atoms with Crippen LogP contribution in [0.15, 0.2) is 35.9 Å². The maximum absolute atomic E-state index is 11.3. The summed E-state index contributed by atoms with van der Waals surface area (Å²) in [7, 11) is 1.40. The zero-order valence-corrected chi connectivity index (χ0v) is 10.6. The number of carbonyl (C=O) groups is 1. The van der Waals surface area contributed by atoms with Crippen molar-refractivity contribution in [1.82, 2.24) is 0 Å². The van der Waals surface area contributed by atoms with Gasteiger partial charge in [-0.05, 0) is 25.5 Å². The lowest BCUT2D eigenvalue weighted by Gasteiger charge is -2.05. The summed E-state index contributed by atoms with van der Waals surface area (Å²) in [5.41, 5.74) is 2.98. The Labute approximate surface area is 102 Å². The number of benzene rings is 1. The second-order valence-corrected chi connectivity index (χ2v) is 3.82. The van der Waals surface area contributed by atoms with Gasteiger partial charge in [0.15, 0.2) is 0 Å². The first kappa shape index (κ1) is 13.3. The van der Waals surface area contributed by atoms with E-state index < -0.39 is 0 Å². The van der Waals surface area contributed by atoms with Gasteiger partial charge in [0.2, 0.25) is 0 Å².